The Morgan fingerprint density at radius 2 is 2.17 bits per heavy atom. The Balaban J connectivity index is 1.71. The predicted octanol–water partition coefficient (Wildman–Crippen LogP) is 3.76. The number of carboxylic acids is 1. The van der Waals surface area contributed by atoms with Gasteiger partial charge in [-0.05, 0) is 54.8 Å². The number of carbonyl (C=O) groups is 2. The second-order valence-electron chi connectivity index (χ2n) is 5.98. The summed E-state index contributed by atoms with van der Waals surface area (Å²) in [6.45, 7) is 1.31. The monoisotopic (exact) mass is 335 g/mol. The van der Waals surface area contributed by atoms with E-state index in [0.29, 0.717) is 24.4 Å². The number of aliphatic carboxylic acids is 1. The van der Waals surface area contributed by atoms with Gasteiger partial charge in [0, 0.05) is 24.2 Å². The summed E-state index contributed by atoms with van der Waals surface area (Å²) >= 11 is 1.38. The van der Waals surface area contributed by atoms with Crippen molar-refractivity contribution >= 4 is 33.3 Å². The highest BCUT2D eigenvalue weighted by Crippen LogP contribution is 2.29. The fourth-order valence-corrected chi connectivity index (χ4v) is 4.10. The van der Waals surface area contributed by atoms with Crippen molar-refractivity contribution in [1.29, 1.82) is 0 Å². The number of benzene rings is 1. The highest BCUT2D eigenvalue weighted by atomic mass is 32.1. The van der Waals surface area contributed by atoms with Gasteiger partial charge >= 0.3 is 5.97 Å². The zero-order valence-corrected chi connectivity index (χ0v) is 13.4. The molecule has 1 amide bonds. The number of rotatable bonds is 4. The number of carbonyl (C=O) groups excluding carboxylic acids is 1. The Labute approximate surface area is 137 Å². The Bertz CT molecular complexity index is 743. The third-order valence-electron chi connectivity index (χ3n) is 4.26. The summed E-state index contributed by atoms with van der Waals surface area (Å²) in [5, 5.41) is 9.54. The molecule has 0 aliphatic carbocycles. The molecule has 1 aromatic carbocycles. The summed E-state index contributed by atoms with van der Waals surface area (Å²) < 4.78 is 14.2. The van der Waals surface area contributed by atoms with Crippen molar-refractivity contribution in [3.63, 3.8) is 0 Å². The lowest BCUT2D eigenvalue weighted by atomic mass is 9.93. The van der Waals surface area contributed by atoms with Gasteiger partial charge in [0.2, 0.25) is 0 Å². The molecule has 2 aromatic rings. The molecule has 1 aliphatic rings. The van der Waals surface area contributed by atoms with E-state index in [1.165, 1.54) is 23.5 Å². The fourth-order valence-electron chi connectivity index (χ4n) is 3.09. The largest absolute Gasteiger partial charge is 0.481 e. The topological polar surface area (TPSA) is 57.6 Å². The number of hydrogen-bond donors (Lipinski definition) is 1. The molecule has 1 atom stereocenters. The van der Waals surface area contributed by atoms with Crippen molar-refractivity contribution in [2.24, 2.45) is 5.92 Å². The molecule has 1 saturated heterocycles. The minimum atomic E-state index is -0.792. The van der Waals surface area contributed by atoms with Crippen molar-refractivity contribution in [2.45, 2.75) is 25.7 Å². The number of hydrogen-bond acceptors (Lipinski definition) is 3. The minimum absolute atomic E-state index is 0.0355. The normalized spacial score (nSPS) is 18.3. The van der Waals surface area contributed by atoms with Gasteiger partial charge in [0.15, 0.2) is 0 Å². The van der Waals surface area contributed by atoms with E-state index in [1.54, 1.807) is 17.0 Å². The third-order valence-corrected chi connectivity index (χ3v) is 5.37. The molecule has 1 aromatic heterocycles. The lowest BCUT2D eigenvalue weighted by Gasteiger charge is -2.32. The molecular weight excluding hydrogens is 317 g/mol. The maximum Gasteiger partial charge on any atom is 0.303 e. The van der Waals surface area contributed by atoms with E-state index < -0.39 is 5.97 Å². The Kier molecular flexibility index (Phi) is 4.61. The van der Waals surface area contributed by atoms with Crippen molar-refractivity contribution in [3.8, 4) is 0 Å². The van der Waals surface area contributed by atoms with Gasteiger partial charge in [0.1, 0.15) is 5.82 Å². The summed E-state index contributed by atoms with van der Waals surface area (Å²) in [4.78, 5) is 25.8. The number of likely N-dealkylation sites (tertiary alicyclic amines) is 1. The van der Waals surface area contributed by atoms with Gasteiger partial charge in [0.05, 0.1) is 4.88 Å². The zero-order chi connectivity index (χ0) is 16.4. The van der Waals surface area contributed by atoms with E-state index in [9.17, 15) is 14.0 Å². The molecule has 3 rings (SSSR count). The average Bonchev–Trinajstić information content (AvgIpc) is 2.95. The van der Waals surface area contributed by atoms with Crippen LogP contribution in [-0.2, 0) is 4.79 Å². The fraction of sp³-hybridized carbons (Fsp3) is 0.412. The van der Waals surface area contributed by atoms with Crippen LogP contribution in [-0.4, -0.2) is 35.0 Å². The van der Waals surface area contributed by atoms with E-state index in [1.807, 2.05) is 0 Å². The van der Waals surface area contributed by atoms with E-state index in [4.69, 9.17) is 5.11 Å². The molecule has 1 N–H and O–H groups in total. The average molecular weight is 335 g/mol. The van der Waals surface area contributed by atoms with Crippen LogP contribution in [0.1, 0.15) is 35.4 Å². The van der Waals surface area contributed by atoms with Crippen LogP contribution in [0.3, 0.4) is 0 Å². The van der Waals surface area contributed by atoms with Gasteiger partial charge < -0.3 is 10.0 Å². The van der Waals surface area contributed by atoms with Crippen LogP contribution in [0.4, 0.5) is 4.39 Å². The second kappa shape index (κ2) is 6.66. The predicted molar refractivity (Wildman–Crippen MR) is 87.3 cm³/mol. The number of carboxylic acid groups (broad SMARTS) is 1. The Morgan fingerprint density at radius 3 is 2.96 bits per heavy atom. The van der Waals surface area contributed by atoms with Gasteiger partial charge in [-0.25, -0.2) is 4.39 Å². The summed E-state index contributed by atoms with van der Waals surface area (Å²) in [6, 6.07) is 6.27. The first-order valence-corrected chi connectivity index (χ1v) is 8.55. The van der Waals surface area contributed by atoms with Gasteiger partial charge in [-0.3, -0.25) is 9.59 Å². The van der Waals surface area contributed by atoms with Crippen LogP contribution in [0.2, 0.25) is 0 Å². The molecule has 0 radical (unpaired) electrons. The number of fused-ring (bicyclic) bond motifs is 1. The number of halogens is 1. The van der Waals surface area contributed by atoms with Crippen LogP contribution in [0, 0.1) is 11.7 Å². The lowest BCUT2D eigenvalue weighted by Crippen LogP contribution is -2.39. The highest BCUT2D eigenvalue weighted by molar-refractivity contribution is 7.20. The second-order valence-corrected chi connectivity index (χ2v) is 7.07. The highest BCUT2D eigenvalue weighted by Gasteiger charge is 2.25. The van der Waals surface area contributed by atoms with Crippen LogP contribution in [0.15, 0.2) is 24.3 Å². The SMILES string of the molecule is O=C(O)CC[C@H]1CCCN(C(=O)c2cc3cc(F)ccc3s2)C1. The zero-order valence-electron chi connectivity index (χ0n) is 12.6. The number of amides is 1. The lowest BCUT2D eigenvalue weighted by molar-refractivity contribution is -0.137. The van der Waals surface area contributed by atoms with E-state index in [-0.39, 0.29) is 24.1 Å². The van der Waals surface area contributed by atoms with Crippen LogP contribution in [0.25, 0.3) is 10.1 Å². The summed E-state index contributed by atoms with van der Waals surface area (Å²) in [7, 11) is 0. The van der Waals surface area contributed by atoms with Crippen molar-refractivity contribution < 1.29 is 19.1 Å². The van der Waals surface area contributed by atoms with Crippen molar-refractivity contribution in [1.82, 2.24) is 4.90 Å². The molecule has 6 heteroatoms. The van der Waals surface area contributed by atoms with Crippen LogP contribution < -0.4 is 0 Å². The van der Waals surface area contributed by atoms with E-state index >= 15 is 0 Å². The van der Waals surface area contributed by atoms with Crippen LogP contribution >= 0.6 is 11.3 Å². The Morgan fingerprint density at radius 1 is 1.35 bits per heavy atom. The van der Waals surface area contributed by atoms with Gasteiger partial charge in [-0.15, -0.1) is 11.3 Å². The number of piperidine rings is 1. The first kappa shape index (κ1) is 15.9. The van der Waals surface area contributed by atoms with Crippen molar-refractivity contribution in [3.05, 3.63) is 35.0 Å². The molecule has 1 aliphatic heterocycles. The van der Waals surface area contributed by atoms with Gasteiger partial charge in [-0.2, -0.15) is 0 Å². The quantitative estimate of drug-likeness (QED) is 0.925. The molecule has 4 nitrogen and oxygen atoms in total. The molecule has 0 spiro atoms. The molecular formula is C17H18FNO3S. The first-order chi connectivity index (χ1) is 11.0. The smallest absolute Gasteiger partial charge is 0.303 e. The summed E-state index contributed by atoms with van der Waals surface area (Å²) in [6.07, 6.45) is 2.62. The standard InChI is InChI=1S/C17H18FNO3S/c18-13-4-5-14-12(8-13)9-15(23-14)17(22)19-7-1-2-11(10-19)3-6-16(20)21/h4-5,8-9,11H,1-3,6-7,10H2,(H,20,21)/t11-/m1/s1. The molecule has 0 unspecified atom stereocenters. The Hall–Kier alpha value is -1.95. The summed E-state index contributed by atoms with van der Waals surface area (Å²) in [5.41, 5.74) is 0. The van der Waals surface area contributed by atoms with Crippen LogP contribution in [0.5, 0.6) is 0 Å². The van der Waals surface area contributed by atoms with Gasteiger partial charge in [0.25, 0.3) is 5.91 Å². The van der Waals surface area contributed by atoms with E-state index in [0.717, 1.165) is 22.9 Å². The molecule has 2 heterocycles. The number of thiophene rings is 1. The molecule has 0 bridgehead atoms. The summed E-state index contributed by atoms with van der Waals surface area (Å²) in [5.74, 6) is -0.886. The first-order valence-electron chi connectivity index (χ1n) is 7.73. The molecule has 23 heavy (non-hydrogen) atoms. The third kappa shape index (κ3) is 3.69. The molecule has 1 fully saturated rings. The van der Waals surface area contributed by atoms with Crippen molar-refractivity contribution in [2.75, 3.05) is 13.1 Å². The minimum Gasteiger partial charge on any atom is -0.481 e. The number of nitrogens with zero attached hydrogens (tertiary/aromatic N) is 1. The maximum absolute atomic E-state index is 13.3. The molecule has 122 valence electrons. The molecule has 0 saturated carbocycles. The maximum atomic E-state index is 13.3. The van der Waals surface area contributed by atoms with Gasteiger partial charge in [-0.1, -0.05) is 0 Å². The van der Waals surface area contributed by atoms with E-state index in [2.05, 4.69) is 0 Å².